The molecule has 132 valence electrons. The minimum Gasteiger partial charge on any atom is -0.493 e. The molecule has 0 radical (unpaired) electrons. The molecular weight excluding hydrogens is 310 g/mol. The molecule has 1 aromatic heterocycles. The molecule has 0 saturated carbocycles. The maximum atomic E-state index is 11.7. The minimum absolute atomic E-state index is 0.108. The average molecular weight is 335 g/mol. The molecule has 0 aliphatic carbocycles. The fourth-order valence-electron chi connectivity index (χ4n) is 2.50. The topological polar surface area (TPSA) is 96.4 Å². The standard InChI is InChI=1S/C17H25N3O4/c1-2-3-4-5-16(21)23-11-9-13-6-7-14(24-13)12-20-10-8-15(18)19-17(20)22/h6,8,10,14H,2-5,7,9,11-12H2,1H3,(H2,18,19,22). The third-order valence-corrected chi connectivity index (χ3v) is 3.82. The molecule has 0 spiro atoms. The Kier molecular flexibility index (Phi) is 6.84. The number of unbranched alkanes of at least 4 members (excludes halogenated alkanes) is 2. The molecule has 1 atom stereocenters. The van der Waals surface area contributed by atoms with Crippen molar-refractivity contribution in [3.8, 4) is 0 Å². The zero-order valence-corrected chi connectivity index (χ0v) is 14.1. The number of nitrogens with zero attached hydrogens (tertiary/aromatic N) is 2. The number of aromatic nitrogens is 2. The summed E-state index contributed by atoms with van der Waals surface area (Å²) in [5.74, 6) is 0.860. The fraction of sp³-hybridized carbons (Fsp3) is 0.588. The number of ether oxygens (including phenoxy) is 2. The molecule has 0 saturated heterocycles. The molecule has 2 rings (SSSR count). The third kappa shape index (κ3) is 5.72. The van der Waals surface area contributed by atoms with Crippen LogP contribution in [0.25, 0.3) is 0 Å². The van der Waals surface area contributed by atoms with E-state index in [2.05, 4.69) is 11.9 Å². The number of hydrogen-bond donors (Lipinski definition) is 1. The van der Waals surface area contributed by atoms with E-state index in [0.717, 1.165) is 31.4 Å². The van der Waals surface area contributed by atoms with Gasteiger partial charge in [0.2, 0.25) is 0 Å². The highest BCUT2D eigenvalue weighted by Gasteiger charge is 2.19. The van der Waals surface area contributed by atoms with Crippen LogP contribution in [0.5, 0.6) is 0 Å². The predicted molar refractivity (Wildman–Crippen MR) is 90.2 cm³/mol. The van der Waals surface area contributed by atoms with Crippen LogP contribution in [0.4, 0.5) is 5.82 Å². The third-order valence-electron chi connectivity index (χ3n) is 3.82. The Morgan fingerprint density at radius 1 is 1.50 bits per heavy atom. The van der Waals surface area contributed by atoms with Gasteiger partial charge in [-0.15, -0.1) is 0 Å². The first-order valence-corrected chi connectivity index (χ1v) is 8.42. The van der Waals surface area contributed by atoms with Crippen molar-refractivity contribution in [1.29, 1.82) is 0 Å². The van der Waals surface area contributed by atoms with Crippen molar-refractivity contribution in [3.05, 3.63) is 34.6 Å². The number of esters is 1. The zero-order chi connectivity index (χ0) is 17.4. The molecule has 2 heterocycles. The Morgan fingerprint density at radius 3 is 3.08 bits per heavy atom. The molecule has 1 unspecified atom stereocenters. The second-order valence-corrected chi connectivity index (χ2v) is 5.86. The number of hydrogen-bond acceptors (Lipinski definition) is 6. The Hall–Kier alpha value is -2.31. The first-order chi connectivity index (χ1) is 11.6. The Labute approximate surface area is 141 Å². The van der Waals surface area contributed by atoms with Crippen LogP contribution in [0.2, 0.25) is 0 Å². The number of carbonyl (C=O) groups excluding carboxylic acids is 1. The van der Waals surface area contributed by atoms with Crippen molar-refractivity contribution >= 4 is 11.8 Å². The molecule has 7 heteroatoms. The summed E-state index contributed by atoms with van der Waals surface area (Å²) in [6.07, 6.45) is 8.25. The molecule has 0 bridgehead atoms. The second kappa shape index (κ2) is 9.10. The van der Waals surface area contributed by atoms with E-state index in [1.54, 1.807) is 12.3 Å². The Balaban J connectivity index is 1.67. The number of nitrogen functional groups attached to an aromatic ring is 1. The van der Waals surface area contributed by atoms with Gasteiger partial charge in [0.05, 0.1) is 18.9 Å². The predicted octanol–water partition coefficient (Wildman–Crippen LogP) is 2.01. The summed E-state index contributed by atoms with van der Waals surface area (Å²) in [5, 5.41) is 0. The van der Waals surface area contributed by atoms with Crippen LogP contribution in [0, 0.1) is 0 Å². The van der Waals surface area contributed by atoms with E-state index in [0.29, 0.717) is 26.0 Å². The van der Waals surface area contributed by atoms with E-state index in [9.17, 15) is 9.59 Å². The largest absolute Gasteiger partial charge is 0.493 e. The van der Waals surface area contributed by atoms with Crippen LogP contribution in [0.1, 0.15) is 45.4 Å². The first-order valence-electron chi connectivity index (χ1n) is 8.42. The quantitative estimate of drug-likeness (QED) is 0.548. The number of anilines is 1. The summed E-state index contributed by atoms with van der Waals surface area (Å²) in [4.78, 5) is 26.9. The van der Waals surface area contributed by atoms with E-state index in [4.69, 9.17) is 15.2 Å². The van der Waals surface area contributed by atoms with E-state index in [-0.39, 0.29) is 23.6 Å². The molecule has 0 fully saturated rings. The molecule has 1 aliphatic heterocycles. The fourth-order valence-corrected chi connectivity index (χ4v) is 2.50. The van der Waals surface area contributed by atoms with Gasteiger partial charge in [-0.2, -0.15) is 4.98 Å². The first kappa shape index (κ1) is 18.0. The van der Waals surface area contributed by atoms with E-state index in [1.165, 1.54) is 4.57 Å². The van der Waals surface area contributed by atoms with Crippen LogP contribution in [0.15, 0.2) is 28.9 Å². The van der Waals surface area contributed by atoms with Crippen LogP contribution in [-0.2, 0) is 20.8 Å². The molecule has 1 aliphatic rings. The summed E-state index contributed by atoms with van der Waals surface area (Å²) in [6, 6.07) is 1.59. The Morgan fingerprint density at radius 2 is 2.33 bits per heavy atom. The second-order valence-electron chi connectivity index (χ2n) is 5.86. The van der Waals surface area contributed by atoms with Crippen molar-refractivity contribution in [2.24, 2.45) is 0 Å². The van der Waals surface area contributed by atoms with Crippen LogP contribution >= 0.6 is 0 Å². The van der Waals surface area contributed by atoms with Gasteiger partial charge in [-0.1, -0.05) is 19.8 Å². The van der Waals surface area contributed by atoms with Crippen molar-refractivity contribution in [1.82, 2.24) is 9.55 Å². The molecule has 24 heavy (non-hydrogen) atoms. The zero-order valence-electron chi connectivity index (χ0n) is 14.1. The SMILES string of the molecule is CCCCCC(=O)OCCC1=CCC(Cn2ccc(N)nc2=O)O1. The van der Waals surface area contributed by atoms with Crippen LogP contribution in [-0.4, -0.2) is 28.2 Å². The maximum Gasteiger partial charge on any atom is 0.349 e. The highest BCUT2D eigenvalue weighted by atomic mass is 16.5. The summed E-state index contributed by atoms with van der Waals surface area (Å²) in [6.45, 7) is 2.84. The Bertz CT molecular complexity index is 639. The van der Waals surface area contributed by atoms with Gasteiger partial charge in [0.1, 0.15) is 11.9 Å². The lowest BCUT2D eigenvalue weighted by Gasteiger charge is -2.14. The molecule has 0 amide bonds. The van der Waals surface area contributed by atoms with E-state index < -0.39 is 0 Å². The molecule has 1 aromatic rings. The smallest absolute Gasteiger partial charge is 0.349 e. The normalized spacial score (nSPS) is 16.5. The van der Waals surface area contributed by atoms with Gasteiger partial charge in [0, 0.05) is 25.5 Å². The van der Waals surface area contributed by atoms with Gasteiger partial charge < -0.3 is 15.2 Å². The van der Waals surface area contributed by atoms with Gasteiger partial charge >= 0.3 is 11.7 Å². The van der Waals surface area contributed by atoms with Crippen molar-refractivity contribution in [3.63, 3.8) is 0 Å². The number of nitrogens with two attached hydrogens (primary N) is 1. The van der Waals surface area contributed by atoms with Crippen LogP contribution < -0.4 is 11.4 Å². The molecular formula is C17H25N3O4. The van der Waals surface area contributed by atoms with Crippen molar-refractivity contribution < 1.29 is 14.3 Å². The summed E-state index contributed by atoms with van der Waals surface area (Å²) in [5.41, 5.74) is 5.09. The van der Waals surface area contributed by atoms with Crippen molar-refractivity contribution in [2.45, 2.75) is 58.1 Å². The molecule has 0 aromatic carbocycles. The summed E-state index contributed by atoms with van der Waals surface area (Å²) < 4.78 is 12.5. The van der Waals surface area contributed by atoms with E-state index in [1.807, 2.05) is 6.08 Å². The van der Waals surface area contributed by atoms with Gasteiger partial charge in [0.25, 0.3) is 0 Å². The number of carbonyl (C=O) groups is 1. The highest BCUT2D eigenvalue weighted by Crippen LogP contribution is 2.21. The van der Waals surface area contributed by atoms with Gasteiger partial charge in [0.15, 0.2) is 0 Å². The van der Waals surface area contributed by atoms with E-state index >= 15 is 0 Å². The lowest BCUT2D eigenvalue weighted by molar-refractivity contribution is -0.143. The lowest BCUT2D eigenvalue weighted by Crippen LogP contribution is -2.28. The minimum atomic E-state index is -0.381. The highest BCUT2D eigenvalue weighted by molar-refractivity contribution is 5.69. The number of rotatable bonds is 9. The lowest BCUT2D eigenvalue weighted by atomic mass is 10.2. The summed E-state index contributed by atoms with van der Waals surface area (Å²) >= 11 is 0. The average Bonchev–Trinajstić information content (AvgIpc) is 2.98. The molecule has 7 nitrogen and oxygen atoms in total. The van der Waals surface area contributed by atoms with Gasteiger partial charge in [-0.3, -0.25) is 9.36 Å². The van der Waals surface area contributed by atoms with Crippen LogP contribution in [0.3, 0.4) is 0 Å². The van der Waals surface area contributed by atoms with Gasteiger partial charge in [-0.25, -0.2) is 4.79 Å². The monoisotopic (exact) mass is 335 g/mol. The van der Waals surface area contributed by atoms with Gasteiger partial charge in [-0.05, 0) is 18.6 Å². The maximum absolute atomic E-state index is 11.7. The summed E-state index contributed by atoms with van der Waals surface area (Å²) in [7, 11) is 0. The molecule has 2 N–H and O–H groups in total. The van der Waals surface area contributed by atoms with Crippen molar-refractivity contribution in [2.75, 3.05) is 12.3 Å².